The van der Waals surface area contributed by atoms with Crippen molar-refractivity contribution in [3.05, 3.63) is 23.5 Å². The quantitative estimate of drug-likeness (QED) is 0.336. The van der Waals surface area contributed by atoms with Crippen LogP contribution in [0.3, 0.4) is 0 Å². The number of esters is 4. The minimum absolute atomic E-state index is 0.0115. The lowest BCUT2D eigenvalue weighted by Gasteiger charge is -2.40. The Bertz CT molecular complexity index is 873. The summed E-state index contributed by atoms with van der Waals surface area (Å²) in [5.41, 5.74) is -1.19. The van der Waals surface area contributed by atoms with Crippen molar-refractivity contribution in [1.82, 2.24) is 0 Å². The fourth-order valence-corrected chi connectivity index (χ4v) is 3.89. The van der Waals surface area contributed by atoms with Crippen LogP contribution in [0.2, 0.25) is 0 Å². The first kappa shape index (κ1) is 28.4. The second kappa shape index (κ2) is 12.2. The number of carbonyl (C=O) groups excluding carboxylic acids is 4. The molecule has 0 aromatic rings. The van der Waals surface area contributed by atoms with Gasteiger partial charge in [0.05, 0.1) is 12.2 Å². The Morgan fingerprint density at radius 1 is 1.03 bits per heavy atom. The van der Waals surface area contributed by atoms with Crippen molar-refractivity contribution in [1.29, 1.82) is 0 Å². The predicted molar refractivity (Wildman–Crippen MR) is 122 cm³/mol. The summed E-state index contributed by atoms with van der Waals surface area (Å²) in [6.45, 7) is 9.25. The zero-order chi connectivity index (χ0) is 26.3. The summed E-state index contributed by atoms with van der Waals surface area (Å²) in [5.74, 6) is -3.26. The molecular formula is C25H36O10. The molecule has 5 atom stereocenters. The molecule has 1 N–H and O–H groups in total. The summed E-state index contributed by atoms with van der Waals surface area (Å²) < 4.78 is 27.0. The van der Waals surface area contributed by atoms with Gasteiger partial charge in [0, 0.05) is 32.3 Å². The molecule has 0 aromatic heterocycles. The maximum atomic E-state index is 12.6. The van der Waals surface area contributed by atoms with Crippen molar-refractivity contribution >= 4 is 23.9 Å². The second-order valence-corrected chi connectivity index (χ2v) is 9.51. The van der Waals surface area contributed by atoms with E-state index in [1.165, 1.54) is 26.2 Å². The lowest BCUT2D eigenvalue weighted by atomic mass is 9.82. The van der Waals surface area contributed by atoms with E-state index in [-0.39, 0.29) is 31.3 Å². The van der Waals surface area contributed by atoms with Gasteiger partial charge in [-0.1, -0.05) is 34.1 Å². The average molecular weight is 497 g/mol. The Hall–Kier alpha value is -2.88. The molecular weight excluding hydrogens is 460 g/mol. The summed E-state index contributed by atoms with van der Waals surface area (Å²) in [6, 6.07) is 0. The van der Waals surface area contributed by atoms with Gasteiger partial charge in [-0.2, -0.15) is 0 Å². The summed E-state index contributed by atoms with van der Waals surface area (Å²) in [5, 5.41) is 11.8. The highest BCUT2D eigenvalue weighted by atomic mass is 16.7. The van der Waals surface area contributed by atoms with Crippen molar-refractivity contribution < 1.29 is 48.0 Å². The van der Waals surface area contributed by atoms with Crippen molar-refractivity contribution in [3.8, 4) is 0 Å². The van der Waals surface area contributed by atoms with Crippen LogP contribution in [0.5, 0.6) is 0 Å². The van der Waals surface area contributed by atoms with Crippen LogP contribution >= 0.6 is 0 Å². The normalized spacial score (nSPS) is 26.0. The van der Waals surface area contributed by atoms with Crippen LogP contribution in [-0.2, 0) is 42.9 Å². The first-order chi connectivity index (χ1) is 16.4. The molecule has 0 radical (unpaired) electrons. The van der Waals surface area contributed by atoms with E-state index in [1.807, 2.05) is 27.7 Å². The highest BCUT2D eigenvalue weighted by molar-refractivity contribution is 5.71. The van der Waals surface area contributed by atoms with Crippen molar-refractivity contribution in [2.75, 3.05) is 13.2 Å². The molecule has 0 spiro atoms. The number of carbonyl (C=O) groups is 4. The van der Waals surface area contributed by atoms with Gasteiger partial charge in [-0.25, -0.2) is 0 Å². The molecule has 0 saturated heterocycles. The molecule has 0 saturated carbocycles. The monoisotopic (exact) mass is 496 g/mol. The SMILES string of the molecule is CC[C@H](C)CC(=O)O[C@H]1OC=C(COC(C)=O)C2=C[C@@H](OC(=O)CC(C)C)[C@@](O)(COC(C)=O)[C@@H]21. The first-order valence-electron chi connectivity index (χ1n) is 11.8. The zero-order valence-corrected chi connectivity index (χ0v) is 21.2. The van der Waals surface area contributed by atoms with E-state index < -0.39 is 54.4 Å². The molecule has 0 fully saturated rings. The van der Waals surface area contributed by atoms with E-state index in [1.54, 1.807) is 0 Å². The summed E-state index contributed by atoms with van der Waals surface area (Å²) in [6.07, 6.45) is 1.29. The van der Waals surface area contributed by atoms with E-state index in [4.69, 9.17) is 23.7 Å². The van der Waals surface area contributed by atoms with E-state index >= 15 is 0 Å². The third-order valence-electron chi connectivity index (χ3n) is 5.92. The van der Waals surface area contributed by atoms with Gasteiger partial charge >= 0.3 is 23.9 Å². The number of hydrogen-bond acceptors (Lipinski definition) is 10. The Morgan fingerprint density at radius 2 is 1.66 bits per heavy atom. The van der Waals surface area contributed by atoms with Crippen LogP contribution < -0.4 is 0 Å². The number of rotatable bonds is 11. The zero-order valence-electron chi connectivity index (χ0n) is 21.2. The molecule has 2 rings (SSSR count). The number of hydrogen-bond donors (Lipinski definition) is 1. The smallest absolute Gasteiger partial charge is 0.309 e. The van der Waals surface area contributed by atoms with Gasteiger partial charge in [0.15, 0.2) is 11.7 Å². The maximum Gasteiger partial charge on any atom is 0.309 e. The van der Waals surface area contributed by atoms with Gasteiger partial charge in [-0.3, -0.25) is 19.2 Å². The van der Waals surface area contributed by atoms with Crippen LogP contribution in [-0.4, -0.2) is 60.2 Å². The molecule has 10 nitrogen and oxygen atoms in total. The molecule has 0 amide bonds. The number of fused-ring (bicyclic) bond motifs is 1. The number of aliphatic hydroxyl groups is 1. The Labute approximate surface area is 205 Å². The van der Waals surface area contributed by atoms with Gasteiger partial charge in [0.1, 0.15) is 13.2 Å². The lowest BCUT2D eigenvalue weighted by Crippen LogP contribution is -2.55. The van der Waals surface area contributed by atoms with Gasteiger partial charge in [-0.15, -0.1) is 0 Å². The van der Waals surface area contributed by atoms with Crippen molar-refractivity contribution in [3.63, 3.8) is 0 Å². The third-order valence-corrected chi connectivity index (χ3v) is 5.92. The summed E-state index contributed by atoms with van der Waals surface area (Å²) in [4.78, 5) is 48.0. The van der Waals surface area contributed by atoms with E-state index in [0.29, 0.717) is 11.1 Å². The van der Waals surface area contributed by atoms with E-state index in [9.17, 15) is 24.3 Å². The van der Waals surface area contributed by atoms with Gasteiger partial charge in [0.2, 0.25) is 0 Å². The van der Waals surface area contributed by atoms with Crippen LogP contribution in [0, 0.1) is 17.8 Å². The van der Waals surface area contributed by atoms with Crippen LogP contribution in [0.4, 0.5) is 0 Å². The average Bonchev–Trinajstić information content (AvgIpc) is 3.03. The molecule has 35 heavy (non-hydrogen) atoms. The molecule has 0 aromatic carbocycles. The Balaban J connectivity index is 2.44. The topological polar surface area (TPSA) is 135 Å². The van der Waals surface area contributed by atoms with Crippen LogP contribution in [0.25, 0.3) is 0 Å². The molecule has 10 heteroatoms. The molecule has 0 unspecified atom stereocenters. The summed E-state index contributed by atoms with van der Waals surface area (Å²) >= 11 is 0. The first-order valence-corrected chi connectivity index (χ1v) is 11.8. The van der Waals surface area contributed by atoms with E-state index in [2.05, 4.69) is 0 Å². The van der Waals surface area contributed by atoms with Crippen LogP contribution in [0.1, 0.15) is 60.8 Å². The standard InChI is InChI=1S/C25H36O10/c1-7-15(4)9-22(29)35-24-23-19(18(12-32-24)11-31-16(5)26)10-20(34-21(28)8-14(2)3)25(23,30)13-33-17(6)27/h10,12,14-15,20,23-24,30H,7-9,11,13H2,1-6H3/t15-,20+,23-,24+,25-/m0/s1. The highest BCUT2D eigenvalue weighted by Gasteiger charge is 2.59. The minimum atomic E-state index is -2.00. The fourth-order valence-electron chi connectivity index (χ4n) is 3.89. The molecule has 1 aliphatic heterocycles. The van der Waals surface area contributed by atoms with E-state index in [0.717, 1.165) is 6.42 Å². The third kappa shape index (κ3) is 7.55. The van der Waals surface area contributed by atoms with Gasteiger partial charge < -0.3 is 28.8 Å². The molecule has 196 valence electrons. The van der Waals surface area contributed by atoms with Crippen LogP contribution in [0.15, 0.2) is 23.5 Å². The van der Waals surface area contributed by atoms with Gasteiger partial charge in [0.25, 0.3) is 6.29 Å². The molecule has 0 bridgehead atoms. The number of ether oxygens (including phenoxy) is 5. The van der Waals surface area contributed by atoms with Crippen molar-refractivity contribution in [2.45, 2.75) is 78.8 Å². The molecule has 2 aliphatic rings. The maximum absolute atomic E-state index is 12.6. The summed E-state index contributed by atoms with van der Waals surface area (Å²) in [7, 11) is 0. The lowest BCUT2D eigenvalue weighted by molar-refractivity contribution is -0.217. The highest BCUT2D eigenvalue weighted by Crippen LogP contribution is 2.47. The molecule has 1 heterocycles. The predicted octanol–water partition coefficient (Wildman–Crippen LogP) is 2.58. The Morgan fingerprint density at radius 3 is 2.23 bits per heavy atom. The fraction of sp³-hybridized carbons (Fsp3) is 0.680. The van der Waals surface area contributed by atoms with Crippen molar-refractivity contribution in [2.24, 2.45) is 17.8 Å². The van der Waals surface area contributed by atoms with Gasteiger partial charge in [-0.05, 0) is 23.5 Å². The second-order valence-electron chi connectivity index (χ2n) is 9.51. The molecule has 1 aliphatic carbocycles. The minimum Gasteiger partial charge on any atom is -0.463 e. The largest absolute Gasteiger partial charge is 0.463 e. The Kier molecular flexibility index (Phi) is 9.88.